The van der Waals surface area contributed by atoms with Gasteiger partial charge in [0.1, 0.15) is 0 Å². The van der Waals surface area contributed by atoms with E-state index in [0.717, 1.165) is 26.1 Å². The van der Waals surface area contributed by atoms with Gasteiger partial charge in [-0.05, 0) is 39.2 Å². The Morgan fingerprint density at radius 2 is 2.00 bits per heavy atom. The van der Waals surface area contributed by atoms with E-state index in [2.05, 4.69) is 25.8 Å². The van der Waals surface area contributed by atoms with Crippen molar-refractivity contribution in [3.8, 4) is 0 Å². The molecule has 1 aliphatic heterocycles. The smallest absolute Gasteiger partial charge is 0.239 e. The molecule has 0 radical (unpaired) electrons. The van der Waals surface area contributed by atoms with Crippen molar-refractivity contribution in [1.82, 2.24) is 9.80 Å². The highest BCUT2D eigenvalue weighted by Crippen LogP contribution is 2.19. The van der Waals surface area contributed by atoms with Gasteiger partial charge < -0.3 is 15.5 Å². The second kappa shape index (κ2) is 6.53. The van der Waals surface area contributed by atoms with Crippen molar-refractivity contribution in [2.24, 2.45) is 17.6 Å². The normalized spacial score (nSPS) is 22.3. The average molecular weight is 255 g/mol. The van der Waals surface area contributed by atoms with Gasteiger partial charge >= 0.3 is 0 Å². The average Bonchev–Trinajstić information content (AvgIpc) is 2.75. The molecule has 0 bridgehead atoms. The number of nitrogens with two attached hydrogens (primary N) is 1. The molecule has 18 heavy (non-hydrogen) atoms. The fourth-order valence-electron chi connectivity index (χ4n) is 2.30. The topological polar surface area (TPSA) is 49.6 Å². The first kappa shape index (κ1) is 15.4. The molecule has 1 amide bonds. The standard InChI is InChI=1S/C14H29N3O/c1-10(2)13(15)14(18)17-7-6-12(9-17)8-16(5)11(3)4/h10-13H,6-9,15H2,1-5H3/t12-,13-/m0/s1. The predicted molar refractivity (Wildman–Crippen MR) is 75.3 cm³/mol. The predicted octanol–water partition coefficient (Wildman–Crippen LogP) is 1.16. The maximum atomic E-state index is 12.1. The molecule has 4 nitrogen and oxygen atoms in total. The van der Waals surface area contributed by atoms with Crippen LogP contribution >= 0.6 is 0 Å². The summed E-state index contributed by atoms with van der Waals surface area (Å²) in [6.07, 6.45) is 1.10. The third-order valence-electron chi connectivity index (χ3n) is 4.03. The first-order valence-corrected chi connectivity index (χ1v) is 7.07. The van der Waals surface area contributed by atoms with Crippen LogP contribution in [0, 0.1) is 11.8 Å². The molecule has 1 rings (SSSR count). The zero-order valence-electron chi connectivity index (χ0n) is 12.5. The number of rotatable bonds is 5. The molecule has 2 N–H and O–H groups in total. The van der Waals surface area contributed by atoms with Crippen molar-refractivity contribution < 1.29 is 4.79 Å². The zero-order valence-corrected chi connectivity index (χ0v) is 12.5. The van der Waals surface area contributed by atoms with Gasteiger partial charge in [-0.3, -0.25) is 4.79 Å². The molecule has 106 valence electrons. The molecule has 1 saturated heterocycles. The Kier molecular flexibility index (Phi) is 5.60. The number of carbonyl (C=O) groups is 1. The van der Waals surface area contributed by atoms with Crippen LogP contribution in [0.25, 0.3) is 0 Å². The van der Waals surface area contributed by atoms with Crippen molar-refractivity contribution in [2.45, 2.75) is 46.2 Å². The van der Waals surface area contributed by atoms with E-state index in [9.17, 15) is 4.79 Å². The number of carbonyl (C=O) groups excluding carboxylic acids is 1. The summed E-state index contributed by atoms with van der Waals surface area (Å²) < 4.78 is 0. The van der Waals surface area contributed by atoms with E-state index in [-0.39, 0.29) is 17.9 Å². The van der Waals surface area contributed by atoms with Gasteiger partial charge in [-0.2, -0.15) is 0 Å². The molecule has 0 aromatic heterocycles. The largest absolute Gasteiger partial charge is 0.341 e. The van der Waals surface area contributed by atoms with Gasteiger partial charge in [-0.15, -0.1) is 0 Å². The van der Waals surface area contributed by atoms with Crippen LogP contribution in [0.1, 0.15) is 34.1 Å². The van der Waals surface area contributed by atoms with Gasteiger partial charge in [0.2, 0.25) is 5.91 Å². The van der Waals surface area contributed by atoms with Crippen LogP contribution in [0.4, 0.5) is 0 Å². The van der Waals surface area contributed by atoms with Gasteiger partial charge in [0, 0.05) is 25.7 Å². The minimum absolute atomic E-state index is 0.125. The van der Waals surface area contributed by atoms with E-state index < -0.39 is 0 Å². The molecule has 0 unspecified atom stereocenters. The van der Waals surface area contributed by atoms with E-state index in [1.54, 1.807) is 0 Å². The summed E-state index contributed by atoms with van der Waals surface area (Å²) in [5, 5.41) is 0. The fourth-order valence-corrected chi connectivity index (χ4v) is 2.30. The van der Waals surface area contributed by atoms with E-state index >= 15 is 0 Å². The van der Waals surface area contributed by atoms with E-state index in [1.165, 1.54) is 0 Å². The summed E-state index contributed by atoms with van der Waals surface area (Å²) in [4.78, 5) is 16.4. The first-order chi connectivity index (χ1) is 8.32. The molecular formula is C14H29N3O. The van der Waals surface area contributed by atoms with Crippen molar-refractivity contribution in [3.63, 3.8) is 0 Å². The SMILES string of the molecule is CC(C)[C@H](N)C(=O)N1CC[C@@H](CN(C)C(C)C)C1. The lowest BCUT2D eigenvalue weighted by Crippen LogP contribution is -2.46. The van der Waals surface area contributed by atoms with E-state index in [0.29, 0.717) is 12.0 Å². The lowest BCUT2D eigenvalue weighted by Gasteiger charge is -2.26. The molecule has 0 aromatic rings. The molecule has 4 heteroatoms. The summed E-state index contributed by atoms with van der Waals surface area (Å²) in [7, 11) is 2.15. The number of likely N-dealkylation sites (tertiary alicyclic amines) is 1. The third-order valence-corrected chi connectivity index (χ3v) is 4.03. The van der Waals surface area contributed by atoms with Crippen LogP contribution < -0.4 is 5.73 Å². The quantitative estimate of drug-likeness (QED) is 0.802. The number of nitrogens with zero attached hydrogens (tertiary/aromatic N) is 2. The van der Waals surface area contributed by atoms with Gasteiger partial charge in [-0.25, -0.2) is 0 Å². The zero-order chi connectivity index (χ0) is 13.9. The minimum Gasteiger partial charge on any atom is -0.341 e. The Bertz CT molecular complexity index is 278. The van der Waals surface area contributed by atoms with E-state index in [1.807, 2.05) is 18.7 Å². The summed E-state index contributed by atoms with van der Waals surface area (Å²) >= 11 is 0. The second-order valence-electron chi connectivity index (χ2n) is 6.24. The highest BCUT2D eigenvalue weighted by molar-refractivity contribution is 5.82. The second-order valence-corrected chi connectivity index (χ2v) is 6.24. The number of hydrogen-bond acceptors (Lipinski definition) is 3. The molecule has 1 aliphatic rings. The van der Waals surface area contributed by atoms with Crippen LogP contribution in [0.2, 0.25) is 0 Å². The van der Waals surface area contributed by atoms with Crippen molar-refractivity contribution >= 4 is 5.91 Å². The molecule has 1 fully saturated rings. The van der Waals surface area contributed by atoms with Gasteiger partial charge in [0.05, 0.1) is 6.04 Å². The number of amides is 1. The maximum absolute atomic E-state index is 12.1. The molecule has 1 heterocycles. The Labute approximate surface area is 111 Å². The molecule has 0 saturated carbocycles. The molecule has 0 aromatic carbocycles. The van der Waals surface area contributed by atoms with Gasteiger partial charge in [0.15, 0.2) is 0 Å². The highest BCUT2D eigenvalue weighted by atomic mass is 16.2. The molecule has 0 spiro atoms. The highest BCUT2D eigenvalue weighted by Gasteiger charge is 2.30. The van der Waals surface area contributed by atoms with Crippen molar-refractivity contribution in [1.29, 1.82) is 0 Å². The Balaban J connectivity index is 2.44. The van der Waals surface area contributed by atoms with Crippen LogP contribution in [0.5, 0.6) is 0 Å². The monoisotopic (exact) mass is 255 g/mol. The lowest BCUT2D eigenvalue weighted by molar-refractivity contribution is -0.132. The lowest BCUT2D eigenvalue weighted by atomic mass is 10.0. The molecular weight excluding hydrogens is 226 g/mol. The number of hydrogen-bond donors (Lipinski definition) is 1. The van der Waals surface area contributed by atoms with Gasteiger partial charge in [0.25, 0.3) is 0 Å². The Morgan fingerprint density at radius 1 is 1.39 bits per heavy atom. The van der Waals surface area contributed by atoms with Crippen LogP contribution in [-0.2, 0) is 4.79 Å². The van der Waals surface area contributed by atoms with Crippen LogP contribution in [0.15, 0.2) is 0 Å². The van der Waals surface area contributed by atoms with Crippen molar-refractivity contribution in [2.75, 3.05) is 26.7 Å². The summed E-state index contributed by atoms with van der Waals surface area (Å²) in [6, 6.07) is 0.222. The maximum Gasteiger partial charge on any atom is 0.239 e. The van der Waals surface area contributed by atoms with Crippen LogP contribution in [-0.4, -0.2) is 54.5 Å². The van der Waals surface area contributed by atoms with Crippen molar-refractivity contribution in [3.05, 3.63) is 0 Å². The summed E-state index contributed by atoms with van der Waals surface area (Å²) in [5.41, 5.74) is 5.93. The Hall–Kier alpha value is -0.610. The molecule has 2 atom stereocenters. The minimum atomic E-state index is -0.341. The summed E-state index contributed by atoms with van der Waals surface area (Å²) in [5.74, 6) is 0.940. The van der Waals surface area contributed by atoms with Gasteiger partial charge in [-0.1, -0.05) is 13.8 Å². The first-order valence-electron chi connectivity index (χ1n) is 7.07. The summed E-state index contributed by atoms with van der Waals surface area (Å²) in [6.45, 7) is 11.2. The third kappa shape index (κ3) is 3.95. The van der Waals surface area contributed by atoms with E-state index in [4.69, 9.17) is 5.73 Å². The van der Waals surface area contributed by atoms with Crippen LogP contribution in [0.3, 0.4) is 0 Å². The Morgan fingerprint density at radius 3 is 2.50 bits per heavy atom. The molecule has 0 aliphatic carbocycles. The fraction of sp³-hybridized carbons (Fsp3) is 0.929.